The number of amides is 1. The van der Waals surface area contributed by atoms with Crippen molar-refractivity contribution < 1.29 is 23.6 Å². The highest BCUT2D eigenvalue weighted by atomic mass is 35.5. The molecule has 1 aliphatic carbocycles. The van der Waals surface area contributed by atoms with Gasteiger partial charge in [-0.05, 0) is 67.6 Å². The van der Waals surface area contributed by atoms with Crippen LogP contribution in [0.2, 0.25) is 5.02 Å². The Bertz CT molecular complexity index is 1280. The molecule has 10 heteroatoms. The summed E-state index contributed by atoms with van der Waals surface area (Å²) in [6, 6.07) is 13.1. The van der Waals surface area contributed by atoms with E-state index in [4.69, 9.17) is 21.1 Å². The lowest BCUT2D eigenvalue weighted by atomic mass is 9.92. The van der Waals surface area contributed by atoms with Crippen molar-refractivity contribution in [2.24, 2.45) is 0 Å². The second kappa shape index (κ2) is 11.4. The number of hydrogen-bond acceptors (Lipinski definition) is 5. The number of ether oxygens (including phenoxy) is 2. The van der Waals surface area contributed by atoms with Crippen LogP contribution in [0.1, 0.15) is 49.0 Å². The number of aliphatic hydroxyl groups excluding tert-OH is 1. The third-order valence-corrected chi connectivity index (χ3v) is 8.56. The Morgan fingerprint density at radius 2 is 2.05 bits per heavy atom. The lowest BCUT2D eigenvalue weighted by molar-refractivity contribution is 0.0932. The predicted octanol–water partition coefficient (Wildman–Crippen LogP) is 4.47. The summed E-state index contributed by atoms with van der Waals surface area (Å²) in [5.74, 6) is 0.674. The van der Waals surface area contributed by atoms with Gasteiger partial charge in [-0.15, -0.1) is 0 Å². The van der Waals surface area contributed by atoms with Gasteiger partial charge in [-0.3, -0.25) is 4.90 Å². The van der Waals surface area contributed by atoms with Crippen LogP contribution in [0.25, 0.3) is 10.9 Å². The molecule has 3 unspecified atom stereocenters. The van der Waals surface area contributed by atoms with E-state index >= 15 is 0 Å². The Morgan fingerprint density at radius 1 is 1.27 bits per heavy atom. The molecular formula is C27H32ClN3O5S. The summed E-state index contributed by atoms with van der Waals surface area (Å²) in [6.07, 6.45) is 2.14. The summed E-state index contributed by atoms with van der Waals surface area (Å²) in [6.45, 7) is 3.27. The number of hydrogen-bond donors (Lipinski definition) is 3. The monoisotopic (exact) mass is 545 g/mol. The molecule has 1 saturated carbocycles. The van der Waals surface area contributed by atoms with Crippen LogP contribution in [0.15, 0.2) is 42.5 Å². The van der Waals surface area contributed by atoms with E-state index in [1.54, 1.807) is 11.8 Å². The van der Waals surface area contributed by atoms with Crippen LogP contribution in [0.3, 0.4) is 0 Å². The van der Waals surface area contributed by atoms with Gasteiger partial charge in [0.25, 0.3) is 0 Å². The molecule has 8 nitrogen and oxygen atoms in total. The lowest BCUT2D eigenvalue weighted by Crippen LogP contribution is -2.40. The highest BCUT2D eigenvalue weighted by molar-refractivity contribution is 7.84. The summed E-state index contributed by atoms with van der Waals surface area (Å²) in [5, 5.41) is 12.1. The largest absolute Gasteiger partial charge is 0.493 e. The molecule has 2 heterocycles. The highest BCUT2D eigenvalue weighted by Gasteiger charge is 2.35. The molecule has 37 heavy (non-hydrogen) atoms. The fourth-order valence-corrected chi connectivity index (χ4v) is 6.08. The maximum absolute atomic E-state index is 12.9. The van der Waals surface area contributed by atoms with Crippen LogP contribution in [0, 0.1) is 0 Å². The summed E-state index contributed by atoms with van der Waals surface area (Å²) in [7, 11) is -1.06. The summed E-state index contributed by atoms with van der Waals surface area (Å²) >= 11 is 6.27. The smallest absolute Gasteiger partial charge is 0.410 e. The number of nitrogens with one attached hydrogen (secondary N) is 2. The molecule has 1 aliphatic heterocycles. The molecule has 0 bridgehead atoms. The van der Waals surface area contributed by atoms with Crippen LogP contribution in [-0.2, 0) is 22.1 Å². The number of benzene rings is 2. The topological polar surface area (TPSA) is 104 Å². The quantitative estimate of drug-likeness (QED) is 0.349. The van der Waals surface area contributed by atoms with Crippen molar-refractivity contribution in [2.75, 3.05) is 26.3 Å². The maximum atomic E-state index is 12.9. The van der Waals surface area contributed by atoms with Crippen LogP contribution in [0.5, 0.6) is 5.75 Å². The number of halogens is 1. The van der Waals surface area contributed by atoms with Crippen molar-refractivity contribution in [3.63, 3.8) is 0 Å². The zero-order valence-electron chi connectivity index (χ0n) is 20.7. The number of rotatable bonds is 10. The van der Waals surface area contributed by atoms with E-state index in [0.29, 0.717) is 43.4 Å². The second-order valence-corrected chi connectivity index (χ2v) is 11.4. The van der Waals surface area contributed by atoms with E-state index in [0.717, 1.165) is 40.6 Å². The van der Waals surface area contributed by atoms with Crippen molar-refractivity contribution in [3.05, 3.63) is 64.3 Å². The van der Waals surface area contributed by atoms with Crippen molar-refractivity contribution in [2.45, 2.75) is 50.0 Å². The minimum absolute atomic E-state index is 0.240. The third kappa shape index (κ3) is 5.95. The molecule has 5 rings (SSSR count). The first-order valence-electron chi connectivity index (χ1n) is 12.7. The van der Waals surface area contributed by atoms with Crippen molar-refractivity contribution in [3.8, 4) is 5.75 Å². The first-order valence-corrected chi connectivity index (χ1v) is 14.3. The third-order valence-electron chi connectivity index (χ3n) is 6.80. The van der Waals surface area contributed by atoms with Gasteiger partial charge in [-0.25, -0.2) is 13.7 Å². The van der Waals surface area contributed by atoms with Gasteiger partial charge in [0.1, 0.15) is 11.8 Å². The normalized spacial score (nSPS) is 18.9. The molecule has 1 aromatic heterocycles. The molecule has 3 aromatic rings. The molecule has 3 N–H and O–H groups in total. The van der Waals surface area contributed by atoms with Crippen molar-refractivity contribution in [1.29, 1.82) is 0 Å². The number of H-pyrrole nitrogens is 1. The molecular weight excluding hydrogens is 514 g/mol. The molecule has 0 spiro atoms. The average molecular weight is 546 g/mol. The number of fused-ring (bicyclic) bond motifs is 3. The number of carbonyl (C=O) groups is 1. The summed E-state index contributed by atoms with van der Waals surface area (Å²) in [4.78, 5) is 18.1. The zero-order valence-corrected chi connectivity index (χ0v) is 22.3. The van der Waals surface area contributed by atoms with Crippen LogP contribution in [-0.4, -0.2) is 62.9 Å². The van der Waals surface area contributed by atoms with E-state index in [1.807, 2.05) is 42.5 Å². The van der Waals surface area contributed by atoms with E-state index in [2.05, 4.69) is 9.71 Å². The lowest BCUT2D eigenvalue weighted by Gasteiger charge is -2.35. The Morgan fingerprint density at radius 3 is 2.78 bits per heavy atom. The van der Waals surface area contributed by atoms with E-state index < -0.39 is 17.1 Å². The van der Waals surface area contributed by atoms with Gasteiger partial charge in [0.2, 0.25) is 0 Å². The standard InChI is InChI=1S/C27H32ClN3O5S/c1-2-35-27(33)31-13-11-22-23-15-18(28)5-10-24(23)30-25(22)26(31)17-3-6-20(7-4-17)36-14-12-19(32)16-29-37(34)21-8-9-21/h3-7,10,15,19,21,26,29-30,32H,2,8-9,11-14,16H2,1H3. The highest BCUT2D eigenvalue weighted by Crippen LogP contribution is 2.39. The van der Waals surface area contributed by atoms with Crippen LogP contribution >= 0.6 is 11.6 Å². The summed E-state index contributed by atoms with van der Waals surface area (Å²) < 4.78 is 25.9. The minimum atomic E-state index is -1.06. The van der Waals surface area contributed by atoms with E-state index in [9.17, 15) is 14.1 Å². The first kappa shape index (κ1) is 26.0. The molecule has 2 aromatic carbocycles. The second-order valence-electron chi connectivity index (χ2n) is 9.46. The molecule has 3 atom stereocenters. The molecule has 1 fully saturated rings. The van der Waals surface area contributed by atoms with Crippen molar-refractivity contribution in [1.82, 2.24) is 14.6 Å². The van der Waals surface area contributed by atoms with Gasteiger partial charge in [0, 0.05) is 46.4 Å². The zero-order chi connectivity index (χ0) is 25.9. The van der Waals surface area contributed by atoms with Gasteiger partial charge in [-0.2, -0.15) is 0 Å². The Kier molecular flexibility index (Phi) is 8.04. The fourth-order valence-electron chi connectivity index (χ4n) is 4.75. The van der Waals surface area contributed by atoms with Gasteiger partial charge in [0.15, 0.2) is 0 Å². The van der Waals surface area contributed by atoms with Crippen LogP contribution < -0.4 is 9.46 Å². The molecule has 2 aliphatic rings. The van der Waals surface area contributed by atoms with E-state index in [-0.39, 0.29) is 23.9 Å². The Hall–Kier alpha value is -2.59. The van der Waals surface area contributed by atoms with Gasteiger partial charge < -0.3 is 19.6 Å². The molecule has 198 valence electrons. The number of aromatic amines is 1. The Labute approximate surface area is 223 Å². The average Bonchev–Trinajstić information content (AvgIpc) is 3.69. The molecule has 1 amide bonds. The number of nitrogens with zero attached hydrogens (tertiary/aromatic N) is 1. The Balaban J connectivity index is 1.29. The number of aromatic nitrogens is 1. The maximum Gasteiger partial charge on any atom is 0.410 e. The first-order chi connectivity index (χ1) is 17.9. The number of aliphatic hydroxyl groups is 1. The SMILES string of the molecule is CCOC(=O)N1CCc2c([nH]c3ccc(Cl)cc23)C1c1ccc(OCCC(O)CNS(=O)C2CC2)cc1. The summed E-state index contributed by atoms with van der Waals surface area (Å²) in [5.41, 5.74) is 4.04. The van der Waals surface area contributed by atoms with E-state index in [1.165, 1.54) is 0 Å². The number of carbonyl (C=O) groups excluding carboxylic acids is 1. The predicted molar refractivity (Wildman–Crippen MR) is 144 cm³/mol. The minimum Gasteiger partial charge on any atom is -0.493 e. The van der Waals surface area contributed by atoms with Crippen LogP contribution in [0.4, 0.5) is 4.79 Å². The van der Waals surface area contributed by atoms with Gasteiger partial charge in [0.05, 0.1) is 30.3 Å². The molecule has 0 saturated heterocycles. The van der Waals surface area contributed by atoms with Gasteiger partial charge in [-0.1, -0.05) is 23.7 Å². The van der Waals surface area contributed by atoms with Gasteiger partial charge >= 0.3 is 6.09 Å². The fraction of sp³-hybridized carbons (Fsp3) is 0.444. The van der Waals surface area contributed by atoms with Crippen molar-refractivity contribution >= 4 is 39.6 Å². The molecule has 0 radical (unpaired) electrons.